The van der Waals surface area contributed by atoms with Gasteiger partial charge in [-0.2, -0.15) is 5.10 Å². The lowest BCUT2D eigenvalue weighted by Crippen LogP contribution is -2.15. The lowest BCUT2D eigenvalue weighted by atomic mass is 9.85. The molecule has 3 nitrogen and oxygen atoms in total. The monoisotopic (exact) mass is 314 g/mol. The van der Waals surface area contributed by atoms with Crippen LogP contribution in [0.1, 0.15) is 65.9 Å². The summed E-state index contributed by atoms with van der Waals surface area (Å²) in [6.45, 7) is 8.12. The molecule has 1 aromatic carbocycles. The molecule has 0 saturated heterocycles. The highest BCUT2D eigenvalue weighted by molar-refractivity contribution is 5.98. The van der Waals surface area contributed by atoms with Crippen molar-refractivity contribution in [2.75, 3.05) is 0 Å². The Hall–Kier alpha value is -1.97. The first kappa shape index (κ1) is 15.9. The Bertz CT molecular complexity index is 789. The van der Waals surface area contributed by atoms with E-state index in [1.165, 1.54) is 6.07 Å². The molecule has 1 unspecified atom stereocenters. The summed E-state index contributed by atoms with van der Waals surface area (Å²) in [5, 5.41) is 4.23. The van der Waals surface area contributed by atoms with Crippen LogP contribution < -0.4 is 0 Å². The van der Waals surface area contributed by atoms with E-state index >= 15 is 0 Å². The van der Waals surface area contributed by atoms with Crippen molar-refractivity contribution in [3.8, 4) is 0 Å². The van der Waals surface area contributed by atoms with Gasteiger partial charge in [0.25, 0.3) is 0 Å². The first-order valence-electron chi connectivity index (χ1n) is 8.06. The normalized spacial score (nSPS) is 19.0. The summed E-state index contributed by atoms with van der Waals surface area (Å²) in [7, 11) is 1.81. The fourth-order valence-electron chi connectivity index (χ4n) is 4.15. The maximum atomic E-state index is 14.4. The minimum absolute atomic E-state index is 0.0429. The molecule has 1 atom stereocenters. The Labute approximate surface area is 136 Å². The number of aromatic nitrogens is 2. The van der Waals surface area contributed by atoms with E-state index in [1.807, 2.05) is 14.0 Å². The van der Waals surface area contributed by atoms with Gasteiger partial charge in [0.2, 0.25) is 0 Å². The van der Waals surface area contributed by atoms with E-state index in [9.17, 15) is 9.18 Å². The second-order valence-corrected chi connectivity index (χ2v) is 7.39. The van der Waals surface area contributed by atoms with Crippen LogP contribution in [0.4, 0.5) is 4.39 Å². The number of benzene rings is 1. The molecule has 3 rings (SSSR count). The van der Waals surface area contributed by atoms with Crippen LogP contribution in [-0.2, 0) is 18.9 Å². The van der Waals surface area contributed by atoms with Crippen molar-refractivity contribution in [1.29, 1.82) is 0 Å². The minimum atomic E-state index is -0.178. The average Bonchev–Trinajstić information content (AvgIpc) is 2.89. The van der Waals surface area contributed by atoms with E-state index < -0.39 is 0 Å². The van der Waals surface area contributed by atoms with Crippen molar-refractivity contribution in [3.63, 3.8) is 0 Å². The summed E-state index contributed by atoms with van der Waals surface area (Å²) in [4.78, 5) is 12.7. The van der Waals surface area contributed by atoms with Gasteiger partial charge in [0.15, 0.2) is 5.78 Å². The summed E-state index contributed by atoms with van der Waals surface area (Å²) in [5.74, 6) is 0.165. The molecule has 0 spiro atoms. The molecule has 0 N–H and O–H groups in total. The van der Waals surface area contributed by atoms with Gasteiger partial charge >= 0.3 is 0 Å². The van der Waals surface area contributed by atoms with Gasteiger partial charge in [-0.05, 0) is 47.4 Å². The van der Waals surface area contributed by atoms with Crippen LogP contribution >= 0.6 is 0 Å². The van der Waals surface area contributed by atoms with Crippen LogP contribution in [0.3, 0.4) is 0 Å². The van der Waals surface area contributed by atoms with Crippen molar-refractivity contribution in [1.82, 2.24) is 9.78 Å². The van der Waals surface area contributed by atoms with Crippen LogP contribution in [0.25, 0.3) is 0 Å². The van der Waals surface area contributed by atoms with E-state index in [4.69, 9.17) is 0 Å². The zero-order valence-electron chi connectivity index (χ0n) is 14.4. The quantitative estimate of drug-likeness (QED) is 0.800. The molecule has 122 valence electrons. The molecule has 0 amide bonds. The minimum Gasteiger partial charge on any atom is -0.294 e. The molecule has 4 heteroatoms. The molecule has 23 heavy (non-hydrogen) atoms. The Morgan fingerprint density at radius 3 is 2.74 bits per heavy atom. The summed E-state index contributed by atoms with van der Waals surface area (Å²) in [5.41, 5.74) is 3.98. The van der Waals surface area contributed by atoms with Gasteiger partial charge in [-0.25, -0.2) is 4.39 Å². The van der Waals surface area contributed by atoms with Gasteiger partial charge in [-0.3, -0.25) is 9.48 Å². The number of rotatable bonds is 3. The maximum Gasteiger partial charge on any atom is 0.170 e. The molecule has 1 heterocycles. The molecule has 2 aromatic rings. The fraction of sp³-hybridized carbons (Fsp3) is 0.474. The van der Waals surface area contributed by atoms with E-state index in [0.717, 1.165) is 28.8 Å². The second kappa shape index (κ2) is 5.29. The van der Waals surface area contributed by atoms with Crippen molar-refractivity contribution in [3.05, 3.63) is 52.1 Å². The van der Waals surface area contributed by atoms with Crippen LogP contribution in [-0.4, -0.2) is 15.6 Å². The van der Waals surface area contributed by atoms with Crippen molar-refractivity contribution in [2.45, 2.75) is 51.9 Å². The number of fused-ring (bicyclic) bond motifs is 1. The number of nitrogens with zero attached hydrogens (tertiary/aromatic N) is 2. The molecular formula is C19H23FN2O. The predicted molar refractivity (Wildman–Crippen MR) is 88.4 cm³/mol. The van der Waals surface area contributed by atoms with Gasteiger partial charge < -0.3 is 0 Å². The Balaban J connectivity index is 2.01. The third-order valence-electron chi connectivity index (χ3n) is 4.94. The van der Waals surface area contributed by atoms with Crippen molar-refractivity contribution in [2.24, 2.45) is 7.05 Å². The van der Waals surface area contributed by atoms with Gasteiger partial charge in [0.05, 0.1) is 11.3 Å². The highest BCUT2D eigenvalue weighted by Gasteiger charge is 2.38. The Morgan fingerprint density at radius 1 is 1.43 bits per heavy atom. The average molecular weight is 314 g/mol. The summed E-state index contributed by atoms with van der Waals surface area (Å²) in [6, 6.07) is 3.28. The number of halogens is 1. The number of hydrogen-bond donors (Lipinski definition) is 0. The van der Waals surface area contributed by atoms with E-state index in [0.29, 0.717) is 12.0 Å². The number of hydrogen-bond acceptors (Lipinski definition) is 2. The van der Waals surface area contributed by atoms with Crippen LogP contribution in [0, 0.1) is 12.7 Å². The summed E-state index contributed by atoms with van der Waals surface area (Å²) in [6.07, 6.45) is 2.97. The predicted octanol–water partition coefficient (Wildman–Crippen LogP) is 4.08. The first-order valence-corrected chi connectivity index (χ1v) is 8.06. The third-order valence-corrected chi connectivity index (χ3v) is 4.94. The van der Waals surface area contributed by atoms with Gasteiger partial charge in [0.1, 0.15) is 5.82 Å². The van der Waals surface area contributed by atoms with Gasteiger partial charge in [-0.15, -0.1) is 0 Å². The molecule has 0 saturated carbocycles. The van der Waals surface area contributed by atoms with E-state index in [1.54, 1.807) is 16.9 Å². The zero-order chi connectivity index (χ0) is 16.9. The van der Waals surface area contributed by atoms with Crippen molar-refractivity contribution >= 4 is 5.78 Å². The summed E-state index contributed by atoms with van der Waals surface area (Å²) >= 11 is 0. The molecule has 0 bridgehead atoms. The van der Waals surface area contributed by atoms with Crippen molar-refractivity contribution < 1.29 is 9.18 Å². The fourth-order valence-corrected chi connectivity index (χ4v) is 4.15. The molecule has 0 radical (unpaired) electrons. The molecule has 0 fully saturated rings. The lowest BCUT2D eigenvalue weighted by Gasteiger charge is -2.20. The largest absolute Gasteiger partial charge is 0.294 e. The first-order chi connectivity index (χ1) is 10.7. The highest BCUT2D eigenvalue weighted by Crippen LogP contribution is 2.48. The van der Waals surface area contributed by atoms with Crippen LogP contribution in [0.5, 0.6) is 0 Å². The second-order valence-electron chi connectivity index (χ2n) is 7.39. The number of ketones is 1. The Morgan fingerprint density at radius 2 is 2.13 bits per heavy atom. The number of Topliss-reactive ketones (excluding diaryl/α,β-unsaturated/α-hetero) is 1. The third kappa shape index (κ3) is 2.60. The molecule has 1 aliphatic rings. The molecule has 0 aliphatic heterocycles. The Kier molecular flexibility index (Phi) is 3.66. The van der Waals surface area contributed by atoms with Crippen LogP contribution in [0.2, 0.25) is 0 Å². The number of carbonyl (C=O) groups excluding carboxylic acids is 1. The molecular weight excluding hydrogens is 291 g/mol. The SMILES string of the molecule is Cc1nn(C)cc1C(=O)Cc1ccc(F)c2c1C(C)CC2(C)C. The topological polar surface area (TPSA) is 34.9 Å². The van der Waals surface area contributed by atoms with Gasteiger partial charge in [-0.1, -0.05) is 26.8 Å². The maximum absolute atomic E-state index is 14.4. The smallest absolute Gasteiger partial charge is 0.170 e. The number of aryl methyl sites for hydroxylation is 2. The summed E-state index contributed by atoms with van der Waals surface area (Å²) < 4.78 is 16.0. The lowest BCUT2D eigenvalue weighted by molar-refractivity contribution is 0.0992. The zero-order valence-corrected chi connectivity index (χ0v) is 14.4. The van der Waals surface area contributed by atoms with Crippen LogP contribution in [0.15, 0.2) is 18.3 Å². The standard InChI is InChI=1S/C19H23FN2O/c1-11-9-19(3,4)18-15(20)7-6-13(17(11)18)8-16(23)14-10-22(5)21-12(14)2/h6-7,10-11H,8-9H2,1-5H3. The van der Waals surface area contributed by atoms with E-state index in [2.05, 4.69) is 25.9 Å². The van der Waals surface area contributed by atoms with Gasteiger partial charge in [0, 0.05) is 19.7 Å². The van der Waals surface area contributed by atoms with E-state index in [-0.39, 0.29) is 22.9 Å². The molecule has 1 aromatic heterocycles. The molecule has 1 aliphatic carbocycles. The number of carbonyl (C=O) groups is 1. The highest BCUT2D eigenvalue weighted by atomic mass is 19.1.